The predicted molar refractivity (Wildman–Crippen MR) is 100 cm³/mol. The first-order chi connectivity index (χ1) is 13.2. The molecule has 148 valence electrons. The fourth-order valence-corrected chi connectivity index (χ4v) is 3.81. The van der Waals surface area contributed by atoms with Crippen LogP contribution in [-0.4, -0.2) is 70.3 Å². The molecule has 2 N–H and O–H groups in total. The van der Waals surface area contributed by atoms with E-state index >= 15 is 0 Å². The van der Waals surface area contributed by atoms with Crippen LogP contribution in [0.4, 0.5) is 0 Å². The maximum Gasteiger partial charge on any atom is 0.290 e. The van der Waals surface area contributed by atoms with Crippen LogP contribution in [0.5, 0.6) is 0 Å². The normalized spacial score (nSPS) is 16.2. The first-order valence-electron chi connectivity index (χ1n) is 8.60. The van der Waals surface area contributed by atoms with Crippen LogP contribution in [0.15, 0.2) is 30.3 Å². The van der Waals surface area contributed by atoms with E-state index in [0.29, 0.717) is 13.2 Å². The van der Waals surface area contributed by atoms with Crippen molar-refractivity contribution in [3.05, 3.63) is 35.3 Å². The van der Waals surface area contributed by atoms with Crippen LogP contribution in [-0.2, 0) is 26.4 Å². The molecular formula is C17H25N5O4S. The van der Waals surface area contributed by atoms with E-state index < -0.39 is 5.54 Å². The summed E-state index contributed by atoms with van der Waals surface area (Å²) in [5.41, 5.74) is -0.566. The van der Waals surface area contributed by atoms with Crippen molar-refractivity contribution < 1.29 is 19.4 Å². The van der Waals surface area contributed by atoms with Gasteiger partial charge in [-0.15, -0.1) is 11.3 Å². The quantitative estimate of drug-likeness (QED) is 0.527. The lowest BCUT2D eigenvalue weighted by Gasteiger charge is -2.41. The smallest absolute Gasteiger partial charge is 0.290 e. The second-order valence-electron chi connectivity index (χ2n) is 6.06. The zero-order valence-electron chi connectivity index (χ0n) is 15.3. The number of aromatic nitrogens is 3. The van der Waals surface area contributed by atoms with Gasteiger partial charge in [0, 0.05) is 50.7 Å². The highest BCUT2D eigenvalue weighted by molar-refractivity contribution is 7.09. The van der Waals surface area contributed by atoms with Crippen molar-refractivity contribution in [2.45, 2.75) is 24.9 Å². The summed E-state index contributed by atoms with van der Waals surface area (Å²) in [5, 5.41) is 13.0. The third-order valence-corrected chi connectivity index (χ3v) is 5.30. The molecule has 2 aromatic rings. The second kappa shape index (κ2) is 10.8. The molecule has 0 spiro atoms. The molecule has 1 aliphatic rings. The highest BCUT2D eigenvalue weighted by Gasteiger charge is 2.42. The van der Waals surface area contributed by atoms with Crippen LogP contribution in [0.25, 0.3) is 0 Å². The van der Waals surface area contributed by atoms with Crippen LogP contribution < -0.4 is 5.32 Å². The standard InChI is InChI=1S/C16H23N5O2S.CH2O2/c1-23-10-5-19-15(22)16(21-9-4-17-13-21)2-7-20(8-3-16)12-14-18-6-11-24-14;2-1-3/h4,6,9,11,13H,2-3,5,7-8,10,12H2,1H3,(H,19,22);1H,(H,2,3). The Morgan fingerprint density at radius 2 is 2.19 bits per heavy atom. The SMILES string of the molecule is COCCNC(=O)C1(n2ccnc2)CCN(Cc2nccs2)CC1.O=CO. The van der Waals surface area contributed by atoms with Crippen molar-refractivity contribution in [2.24, 2.45) is 0 Å². The van der Waals surface area contributed by atoms with E-state index in [9.17, 15) is 4.79 Å². The van der Waals surface area contributed by atoms with Crippen LogP contribution in [0.1, 0.15) is 17.8 Å². The number of hydrogen-bond acceptors (Lipinski definition) is 7. The Hall–Kier alpha value is -2.30. The lowest BCUT2D eigenvalue weighted by Crippen LogP contribution is -2.55. The molecule has 0 aromatic carbocycles. The Morgan fingerprint density at radius 3 is 2.74 bits per heavy atom. The van der Waals surface area contributed by atoms with E-state index in [2.05, 4.69) is 20.2 Å². The summed E-state index contributed by atoms with van der Waals surface area (Å²) < 4.78 is 6.99. The largest absolute Gasteiger partial charge is 0.483 e. The summed E-state index contributed by atoms with van der Waals surface area (Å²) in [4.78, 5) is 32.1. The fourth-order valence-electron chi connectivity index (χ4n) is 3.15. The Bertz CT molecular complexity index is 670. The molecule has 1 amide bonds. The van der Waals surface area contributed by atoms with Crippen LogP contribution in [0.2, 0.25) is 0 Å². The van der Waals surface area contributed by atoms with Gasteiger partial charge in [-0.25, -0.2) is 9.97 Å². The number of likely N-dealkylation sites (tertiary alicyclic amines) is 1. The number of hydrogen-bond donors (Lipinski definition) is 2. The highest BCUT2D eigenvalue weighted by atomic mass is 32.1. The van der Waals surface area contributed by atoms with Crippen molar-refractivity contribution in [2.75, 3.05) is 33.4 Å². The first kappa shape index (κ1) is 21.0. The van der Waals surface area contributed by atoms with Crippen LogP contribution >= 0.6 is 11.3 Å². The van der Waals surface area contributed by atoms with Crippen molar-refractivity contribution in [1.29, 1.82) is 0 Å². The Morgan fingerprint density at radius 1 is 1.44 bits per heavy atom. The van der Waals surface area contributed by atoms with E-state index in [-0.39, 0.29) is 12.4 Å². The summed E-state index contributed by atoms with van der Waals surface area (Å²) in [6.45, 7) is 3.35. The molecule has 3 heterocycles. The summed E-state index contributed by atoms with van der Waals surface area (Å²) in [6, 6.07) is 0. The monoisotopic (exact) mass is 395 g/mol. The third-order valence-electron chi connectivity index (χ3n) is 4.54. The minimum Gasteiger partial charge on any atom is -0.483 e. The average molecular weight is 395 g/mol. The number of nitrogens with one attached hydrogen (secondary N) is 1. The Kier molecular flexibility index (Phi) is 8.37. The molecule has 0 unspecified atom stereocenters. The fraction of sp³-hybridized carbons (Fsp3) is 0.529. The van der Waals surface area contributed by atoms with E-state index in [1.165, 1.54) is 0 Å². The zero-order valence-corrected chi connectivity index (χ0v) is 16.1. The van der Waals surface area contributed by atoms with Gasteiger partial charge in [-0.3, -0.25) is 14.5 Å². The number of piperidine rings is 1. The topological polar surface area (TPSA) is 110 Å². The number of carbonyl (C=O) groups excluding carboxylic acids is 1. The first-order valence-corrected chi connectivity index (χ1v) is 9.48. The number of rotatable bonds is 7. The number of methoxy groups -OCH3 is 1. The minimum atomic E-state index is -0.566. The van der Waals surface area contributed by atoms with Gasteiger partial charge in [0.05, 0.1) is 19.5 Å². The molecule has 0 atom stereocenters. The number of imidazole rings is 1. The minimum absolute atomic E-state index is 0.0476. The van der Waals surface area contributed by atoms with E-state index in [1.54, 1.807) is 31.0 Å². The second-order valence-corrected chi connectivity index (χ2v) is 7.04. The lowest BCUT2D eigenvalue weighted by molar-refractivity contribution is -0.133. The third kappa shape index (κ3) is 5.59. The van der Waals surface area contributed by atoms with Gasteiger partial charge in [-0.2, -0.15) is 0 Å². The summed E-state index contributed by atoms with van der Waals surface area (Å²) >= 11 is 1.67. The number of amides is 1. The Balaban J connectivity index is 0.000000817. The molecule has 0 bridgehead atoms. The van der Waals surface area contributed by atoms with Crippen LogP contribution in [0, 0.1) is 0 Å². The molecule has 1 fully saturated rings. The maximum atomic E-state index is 12.9. The number of nitrogens with zero attached hydrogens (tertiary/aromatic N) is 4. The van der Waals surface area contributed by atoms with Crippen molar-refractivity contribution in [3.63, 3.8) is 0 Å². The molecule has 27 heavy (non-hydrogen) atoms. The molecule has 0 radical (unpaired) electrons. The molecule has 9 nitrogen and oxygen atoms in total. The summed E-state index contributed by atoms with van der Waals surface area (Å²) in [5.74, 6) is 0.0476. The van der Waals surface area contributed by atoms with Crippen molar-refractivity contribution >= 4 is 23.7 Å². The van der Waals surface area contributed by atoms with Gasteiger partial charge < -0.3 is 19.7 Å². The summed E-state index contributed by atoms with van der Waals surface area (Å²) in [7, 11) is 1.63. The molecular weight excluding hydrogens is 370 g/mol. The number of ether oxygens (including phenoxy) is 1. The van der Waals surface area contributed by atoms with Crippen molar-refractivity contribution in [1.82, 2.24) is 24.8 Å². The number of carboxylic acid groups (broad SMARTS) is 1. The van der Waals surface area contributed by atoms with E-state index in [0.717, 1.165) is 37.5 Å². The molecule has 2 aromatic heterocycles. The molecule has 3 rings (SSSR count). The molecule has 10 heteroatoms. The van der Waals surface area contributed by atoms with Gasteiger partial charge in [0.1, 0.15) is 10.5 Å². The number of carbonyl (C=O) groups is 2. The zero-order chi connectivity index (χ0) is 19.5. The predicted octanol–water partition coefficient (Wildman–Crippen LogP) is 0.794. The van der Waals surface area contributed by atoms with Crippen molar-refractivity contribution in [3.8, 4) is 0 Å². The molecule has 1 aliphatic heterocycles. The van der Waals surface area contributed by atoms with Gasteiger partial charge in [0.25, 0.3) is 6.47 Å². The highest BCUT2D eigenvalue weighted by Crippen LogP contribution is 2.31. The maximum absolute atomic E-state index is 12.9. The van der Waals surface area contributed by atoms with E-state index in [4.69, 9.17) is 14.6 Å². The lowest BCUT2D eigenvalue weighted by atomic mass is 9.86. The Labute approximate surface area is 162 Å². The molecule has 0 saturated carbocycles. The molecule has 0 aliphatic carbocycles. The van der Waals surface area contributed by atoms with Gasteiger partial charge in [-0.05, 0) is 12.8 Å². The number of thiazole rings is 1. The van der Waals surface area contributed by atoms with E-state index in [1.807, 2.05) is 22.3 Å². The molecule has 1 saturated heterocycles. The van der Waals surface area contributed by atoms with Gasteiger partial charge in [0.15, 0.2) is 0 Å². The van der Waals surface area contributed by atoms with Gasteiger partial charge in [-0.1, -0.05) is 0 Å². The van der Waals surface area contributed by atoms with Gasteiger partial charge >= 0.3 is 0 Å². The average Bonchev–Trinajstić information content (AvgIpc) is 3.37. The summed E-state index contributed by atoms with van der Waals surface area (Å²) in [6.07, 6.45) is 8.70. The van der Waals surface area contributed by atoms with Gasteiger partial charge in [0.2, 0.25) is 5.91 Å². The van der Waals surface area contributed by atoms with Crippen LogP contribution in [0.3, 0.4) is 0 Å².